The zero-order chi connectivity index (χ0) is 25.8. The predicted octanol–water partition coefficient (Wildman–Crippen LogP) is 6.10. The number of benzene rings is 4. The molecule has 0 saturated carbocycles. The number of hydrogen-bond acceptors (Lipinski definition) is 4. The Morgan fingerprint density at radius 2 is 1.62 bits per heavy atom. The third-order valence-corrected chi connectivity index (χ3v) is 7.21. The molecule has 1 saturated heterocycles. The average molecular weight is 495 g/mol. The molecule has 1 heterocycles. The normalized spacial score (nSPS) is 18.0. The first-order valence-corrected chi connectivity index (χ1v) is 12.6. The molecule has 0 aromatic heterocycles. The summed E-state index contributed by atoms with van der Waals surface area (Å²) in [6.45, 7) is 4.06. The molecule has 4 aromatic rings. The minimum atomic E-state index is -1.02. The highest BCUT2D eigenvalue weighted by molar-refractivity contribution is 5.88. The van der Waals surface area contributed by atoms with Gasteiger partial charge in [0.05, 0.1) is 5.56 Å². The first-order valence-electron chi connectivity index (χ1n) is 12.6. The van der Waals surface area contributed by atoms with Crippen LogP contribution in [0.25, 0.3) is 10.8 Å². The van der Waals surface area contributed by atoms with E-state index in [1.807, 2.05) is 18.2 Å². The maximum atomic E-state index is 13.0. The van der Waals surface area contributed by atoms with Gasteiger partial charge >= 0.3 is 12.1 Å². The number of aromatic carboxylic acids is 1. The first kappa shape index (κ1) is 24.5. The number of carbonyl (C=O) groups is 2. The standard InChI is InChI=1S/C31H30N2O4/c1-21(27-13-7-11-22-10-5-6-12-28(22)27)32-18-25-19-33(20-29(25)23-8-3-2-4-9-23)31(36)37-26-16-14-24(15-17-26)30(34)35/h2-17,21,25,29,32H,18-20H2,1H3,(H,34,35)/t21-,25-,29-/m0/s1. The minimum absolute atomic E-state index is 0.149. The second kappa shape index (κ2) is 10.8. The van der Waals surface area contributed by atoms with Crippen LogP contribution in [0, 0.1) is 5.92 Å². The zero-order valence-electron chi connectivity index (χ0n) is 20.7. The van der Waals surface area contributed by atoms with Crippen molar-refractivity contribution in [3.05, 3.63) is 114 Å². The fourth-order valence-electron chi connectivity index (χ4n) is 5.20. The lowest BCUT2D eigenvalue weighted by molar-refractivity contribution is 0.0697. The van der Waals surface area contributed by atoms with Crippen LogP contribution in [0.5, 0.6) is 5.75 Å². The van der Waals surface area contributed by atoms with E-state index in [0.29, 0.717) is 18.8 Å². The van der Waals surface area contributed by atoms with Gasteiger partial charge in [0.25, 0.3) is 0 Å². The summed E-state index contributed by atoms with van der Waals surface area (Å²) in [4.78, 5) is 25.9. The van der Waals surface area contributed by atoms with Gasteiger partial charge in [0.2, 0.25) is 0 Å². The van der Waals surface area contributed by atoms with Gasteiger partial charge in [-0.15, -0.1) is 0 Å². The van der Waals surface area contributed by atoms with Crippen molar-refractivity contribution in [3.63, 3.8) is 0 Å². The summed E-state index contributed by atoms with van der Waals surface area (Å²) in [7, 11) is 0. The maximum Gasteiger partial charge on any atom is 0.415 e. The molecule has 1 amide bonds. The molecule has 0 spiro atoms. The summed E-state index contributed by atoms with van der Waals surface area (Å²) in [5.74, 6) is -0.300. The molecular formula is C31H30N2O4. The zero-order valence-corrected chi connectivity index (χ0v) is 20.7. The van der Waals surface area contributed by atoms with Gasteiger partial charge in [-0.25, -0.2) is 9.59 Å². The van der Waals surface area contributed by atoms with Crippen molar-refractivity contribution >= 4 is 22.8 Å². The van der Waals surface area contributed by atoms with Crippen molar-refractivity contribution in [1.29, 1.82) is 0 Å². The van der Waals surface area contributed by atoms with Crippen molar-refractivity contribution < 1.29 is 19.4 Å². The number of carboxylic acid groups (broad SMARTS) is 1. The Morgan fingerprint density at radius 1 is 0.919 bits per heavy atom. The quantitative estimate of drug-likeness (QED) is 0.324. The van der Waals surface area contributed by atoms with Crippen LogP contribution < -0.4 is 10.1 Å². The Balaban J connectivity index is 1.29. The molecule has 188 valence electrons. The highest BCUT2D eigenvalue weighted by Gasteiger charge is 2.37. The Kier molecular flexibility index (Phi) is 7.19. The lowest BCUT2D eigenvalue weighted by Gasteiger charge is -2.23. The van der Waals surface area contributed by atoms with E-state index in [0.717, 1.165) is 6.54 Å². The Bertz CT molecular complexity index is 1380. The van der Waals surface area contributed by atoms with Gasteiger partial charge in [-0.1, -0.05) is 72.8 Å². The van der Waals surface area contributed by atoms with E-state index in [-0.39, 0.29) is 23.4 Å². The smallest absolute Gasteiger partial charge is 0.415 e. The molecule has 6 heteroatoms. The molecule has 6 nitrogen and oxygen atoms in total. The number of nitrogens with one attached hydrogen (secondary N) is 1. The van der Waals surface area contributed by atoms with Gasteiger partial charge in [-0.2, -0.15) is 0 Å². The van der Waals surface area contributed by atoms with Crippen LogP contribution in [-0.2, 0) is 0 Å². The molecule has 3 atom stereocenters. The molecule has 4 aromatic carbocycles. The summed E-state index contributed by atoms with van der Waals surface area (Å²) in [6.07, 6.45) is -0.423. The first-order chi connectivity index (χ1) is 18.0. The number of fused-ring (bicyclic) bond motifs is 1. The Labute approximate surface area is 216 Å². The van der Waals surface area contributed by atoms with E-state index in [1.165, 1.54) is 46.2 Å². The third kappa shape index (κ3) is 5.49. The Morgan fingerprint density at radius 3 is 2.38 bits per heavy atom. The van der Waals surface area contributed by atoms with Crippen LogP contribution in [0.3, 0.4) is 0 Å². The number of amides is 1. The van der Waals surface area contributed by atoms with Crippen LogP contribution >= 0.6 is 0 Å². The Hall–Kier alpha value is -4.16. The summed E-state index contributed by atoms with van der Waals surface area (Å²) in [5, 5.41) is 15.3. The van der Waals surface area contributed by atoms with Crippen LogP contribution in [-0.4, -0.2) is 41.7 Å². The van der Waals surface area contributed by atoms with Crippen molar-refractivity contribution in [3.8, 4) is 5.75 Å². The second-order valence-corrected chi connectivity index (χ2v) is 9.58. The lowest BCUT2D eigenvalue weighted by atomic mass is 9.88. The molecule has 1 aliphatic rings. The number of likely N-dealkylation sites (tertiary alicyclic amines) is 1. The second-order valence-electron chi connectivity index (χ2n) is 9.58. The van der Waals surface area contributed by atoms with Crippen LogP contribution in [0.4, 0.5) is 4.79 Å². The molecule has 1 aliphatic heterocycles. The van der Waals surface area contributed by atoms with Crippen molar-refractivity contribution in [2.45, 2.75) is 18.9 Å². The third-order valence-electron chi connectivity index (χ3n) is 7.21. The molecule has 0 radical (unpaired) electrons. The maximum absolute atomic E-state index is 13.0. The lowest BCUT2D eigenvalue weighted by Crippen LogP contribution is -2.33. The topological polar surface area (TPSA) is 78.9 Å². The molecule has 0 unspecified atom stereocenters. The van der Waals surface area contributed by atoms with Gasteiger partial charge in [-0.3, -0.25) is 0 Å². The SMILES string of the molecule is C[C@H](NC[C@H]1CN(C(=O)Oc2ccc(C(=O)O)cc2)C[C@H]1c1ccccc1)c1cccc2ccccc12. The average Bonchev–Trinajstić information content (AvgIpc) is 3.37. The van der Waals surface area contributed by atoms with Gasteiger partial charge in [0.15, 0.2) is 0 Å². The van der Waals surface area contributed by atoms with E-state index in [1.54, 1.807) is 4.90 Å². The number of hydrogen-bond donors (Lipinski definition) is 2. The summed E-state index contributed by atoms with van der Waals surface area (Å²) >= 11 is 0. The molecule has 0 bridgehead atoms. The van der Waals surface area contributed by atoms with Crippen LogP contribution in [0.15, 0.2) is 97.1 Å². The molecular weight excluding hydrogens is 464 g/mol. The van der Waals surface area contributed by atoms with Crippen LogP contribution in [0.2, 0.25) is 0 Å². The fraction of sp³-hybridized carbons (Fsp3) is 0.226. The highest BCUT2D eigenvalue weighted by atomic mass is 16.6. The number of rotatable bonds is 7. The number of nitrogens with zero attached hydrogens (tertiary/aromatic N) is 1. The van der Waals surface area contributed by atoms with E-state index in [2.05, 4.69) is 66.8 Å². The summed E-state index contributed by atoms with van der Waals surface area (Å²) in [6, 6.07) is 31.1. The van der Waals surface area contributed by atoms with Crippen molar-refractivity contribution in [2.75, 3.05) is 19.6 Å². The minimum Gasteiger partial charge on any atom is -0.478 e. The predicted molar refractivity (Wildman–Crippen MR) is 144 cm³/mol. The van der Waals surface area contributed by atoms with Crippen molar-refractivity contribution in [1.82, 2.24) is 10.2 Å². The van der Waals surface area contributed by atoms with E-state index in [9.17, 15) is 9.59 Å². The van der Waals surface area contributed by atoms with Crippen LogP contribution in [0.1, 0.15) is 40.4 Å². The molecule has 0 aliphatic carbocycles. The summed E-state index contributed by atoms with van der Waals surface area (Å²) < 4.78 is 5.58. The van der Waals surface area contributed by atoms with E-state index < -0.39 is 12.1 Å². The molecule has 2 N–H and O–H groups in total. The molecule has 1 fully saturated rings. The van der Waals surface area contributed by atoms with E-state index in [4.69, 9.17) is 9.84 Å². The van der Waals surface area contributed by atoms with Gasteiger partial charge in [0.1, 0.15) is 5.75 Å². The fourth-order valence-corrected chi connectivity index (χ4v) is 5.20. The monoisotopic (exact) mass is 494 g/mol. The molecule has 5 rings (SSSR count). The highest BCUT2D eigenvalue weighted by Crippen LogP contribution is 2.34. The number of carboxylic acids is 1. The largest absolute Gasteiger partial charge is 0.478 e. The van der Waals surface area contributed by atoms with Crippen molar-refractivity contribution in [2.24, 2.45) is 5.92 Å². The van der Waals surface area contributed by atoms with Gasteiger partial charge in [0, 0.05) is 31.6 Å². The van der Waals surface area contributed by atoms with Gasteiger partial charge < -0.3 is 20.1 Å². The number of ether oxygens (including phenoxy) is 1. The van der Waals surface area contributed by atoms with E-state index >= 15 is 0 Å². The number of carbonyl (C=O) groups excluding carboxylic acids is 1. The van der Waals surface area contributed by atoms with Gasteiger partial charge in [-0.05, 0) is 59.0 Å². The molecule has 37 heavy (non-hydrogen) atoms. The summed E-state index contributed by atoms with van der Waals surface area (Å²) in [5.41, 5.74) is 2.61.